The summed E-state index contributed by atoms with van der Waals surface area (Å²) >= 11 is 17.4. The maximum absolute atomic E-state index is 12.1. The highest BCUT2D eigenvalue weighted by Gasteiger charge is 2.33. The number of hydrogen-bond donors (Lipinski definition) is 2. The molecule has 138 valence electrons. The molecular formula is C15H15Cl2N5O3S. The lowest BCUT2D eigenvalue weighted by molar-refractivity contribution is 0.143. The lowest BCUT2D eigenvalue weighted by Gasteiger charge is -2.15. The first-order valence-electron chi connectivity index (χ1n) is 7.72. The van der Waals surface area contributed by atoms with Crippen molar-refractivity contribution in [2.24, 2.45) is 5.73 Å². The van der Waals surface area contributed by atoms with Crippen LogP contribution in [0, 0.1) is 0 Å². The Morgan fingerprint density at radius 1 is 1.46 bits per heavy atom. The van der Waals surface area contributed by atoms with E-state index in [4.69, 9.17) is 50.4 Å². The van der Waals surface area contributed by atoms with Gasteiger partial charge in [0.15, 0.2) is 10.9 Å². The van der Waals surface area contributed by atoms with Crippen molar-refractivity contribution in [3.63, 3.8) is 0 Å². The van der Waals surface area contributed by atoms with E-state index < -0.39 is 12.2 Å². The van der Waals surface area contributed by atoms with Crippen LogP contribution in [0.4, 0.5) is 10.5 Å². The van der Waals surface area contributed by atoms with Crippen molar-refractivity contribution >= 4 is 52.3 Å². The molecular weight excluding hydrogens is 401 g/mol. The largest absolute Gasteiger partial charge is 0.442 e. The van der Waals surface area contributed by atoms with Crippen LogP contribution in [-0.4, -0.2) is 40.5 Å². The highest BCUT2D eigenvalue weighted by molar-refractivity contribution is 7.80. The summed E-state index contributed by atoms with van der Waals surface area (Å²) in [5.74, 6) is 0.776. The predicted octanol–water partition coefficient (Wildman–Crippen LogP) is 2.76. The average molecular weight is 416 g/mol. The Balaban J connectivity index is 1.83. The molecule has 11 heteroatoms. The predicted molar refractivity (Wildman–Crippen MR) is 102 cm³/mol. The van der Waals surface area contributed by atoms with Crippen molar-refractivity contribution in [2.45, 2.75) is 19.4 Å². The van der Waals surface area contributed by atoms with E-state index in [0.717, 1.165) is 0 Å². The van der Waals surface area contributed by atoms with Gasteiger partial charge in [-0.05, 0) is 24.4 Å². The molecule has 8 nitrogen and oxygen atoms in total. The van der Waals surface area contributed by atoms with Crippen molar-refractivity contribution in [3.05, 3.63) is 28.0 Å². The van der Waals surface area contributed by atoms with Crippen molar-refractivity contribution in [1.29, 1.82) is 0 Å². The highest BCUT2D eigenvalue weighted by Crippen LogP contribution is 2.38. The molecule has 26 heavy (non-hydrogen) atoms. The first-order chi connectivity index (χ1) is 12.4. The van der Waals surface area contributed by atoms with Crippen LogP contribution in [0.2, 0.25) is 10.0 Å². The summed E-state index contributed by atoms with van der Waals surface area (Å²) in [4.78, 5) is 17.8. The lowest BCUT2D eigenvalue weighted by atomic mass is 10.2. The third kappa shape index (κ3) is 3.84. The summed E-state index contributed by atoms with van der Waals surface area (Å²) in [5, 5.41) is 7.32. The number of amides is 1. The summed E-state index contributed by atoms with van der Waals surface area (Å²) in [5.41, 5.74) is 6.31. The van der Waals surface area contributed by atoms with E-state index in [1.807, 2.05) is 6.92 Å². The normalized spacial score (nSPS) is 16.7. The number of anilines is 1. The zero-order chi connectivity index (χ0) is 18.8. The minimum absolute atomic E-state index is 0.140. The summed E-state index contributed by atoms with van der Waals surface area (Å²) in [7, 11) is 0. The topological polar surface area (TPSA) is 107 Å². The van der Waals surface area contributed by atoms with Crippen molar-refractivity contribution in [1.82, 2.24) is 15.5 Å². The van der Waals surface area contributed by atoms with Gasteiger partial charge in [-0.15, -0.1) is 0 Å². The monoisotopic (exact) mass is 415 g/mol. The molecule has 1 atom stereocenters. The number of aromatic nitrogens is 2. The molecule has 0 aliphatic carbocycles. The van der Waals surface area contributed by atoms with Gasteiger partial charge >= 0.3 is 6.09 Å². The summed E-state index contributed by atoms with van der Waals surface area (Å²) in [6.07, 6.45) is -0.284. The van der Waals surface area contributed by atoms with E-state index in [-0.39, 0.29) is 21.0 Å². The van der Waals surface area contributed by atoms with Gasteiger partial charge in [-0.25, -0.2) is 4.79 Å². The van der Waals surface area contributed by atoms with Crippen molar-refractivity contribution in [2.75, 3.05) is 18.0 Å². The maximum Gasteiger partial charge on any atom is 0.414 e. The number of ether oxygens (including phenoxy) is 1. The standard InChI is InChI=1S/C15H15Cl2N5O3S/c1-2-11-20-13(25-21-11)12-9(16)3-7(4-10(12)17)22-6-8(24-15(22)23)5-19-14(18)26/h3-4,8H,2,5-6H2,1H3,(H3,18,19,26). The van der Waals surface area contributed by atoms with E-state index >= 15 is 0 Å². The van der Waals surface area contributed by atoms with Gasteiger partial charge < -0.3 is 20.3 Å². The van der Waals surface area contributed by atoms with Crippen molar-refractivity contribution < 1.29 is 14.1 Å². The fourth-order valence-electron chi connectivity index (χ4n) is 2.47. The third-order valence-electron chi connectivity index (χ3n) is 3.71. The summed E-state index contributed by atoms with van der Waals surface area (Å²) in [6.45, 7) is 2.53. The number of benzene rings is 1. The van der Waals surface area contributed by atoms with Gasteiger partial charge in [0, 0.05) is 6.42 Å². The fraction of sp³-hybridized carbons (Fsp3) is 0.333. The number of halogens is 2. The van der Waals surface area contributed by atoms with Crippen LogP contribution in [0.25, 0.3) is 11.5 Å². The number of cyclic esters (lactones) is 1. The van der Waals surface area contributed by atoms with E-state index in [0.29, 0.717) is 36.6 Å². The third-order valence-corrected chi connectivity index (χ3v) is 4.46. The van der Waals surface area contributed by atoms with E-state index in [9.17, 15) is 4.79 Å². The fourth-order valence-corrected chi connectivity index (χ4v) is 3.19. The Kier molecular flexibility index (Phi) is 5.49. The second-order valence-electron chi connectivity index (χ2n) is 5.52. The second kappa shape index (κ2) is 7.65. The number of nitrogens with two attached hydrogens (primary N) is 1. The van der Waals surface area contributed by atoms with E-state index in [1.165, 1.54) is 4.90 Å². The quantitative estimate of drug-likeness (QED) is 0.717. The highest BCUT2D eigenvalue weighted by atomic mass is 35.5. The van der Waals surface area contributed by atoms with Gasteiger partial charge in [-0.2, -0.15) is 4.98 Å². The molecule has 2 aromatic rings. The number of nitrogens with zero attached hydrogens (tertiary/aromatic N) is 3. The number of carbonyl (C=O) groups excluding carboxylic acids is 1. The van der Waals surface area contributed by atoms with E-state index in [1.54, 1.807) is 12.1 Å². The number of aryl methyl sites for hydroxylation is 1. The number of rotatable bonds is 5. The molecule has 1 aromatic carbocycles. The summed E-state index contributed by atoms with van der Waals surface area (Å²) in [6, 6.07) is 3.20. The Morgan fingerprint density at radius 3 is 2.73 bits per heavy atom. The van der Waals surface area contributed by atoms with Gasteiger partial charge in [-0.1, -0.05) is 35.3 Å². The van der Waals surface area contributed by atoms with Gasteiger partial charge in [0.05, 0.1) is 34.4 Å². The Hall–Kier alpha value is -2.10. The molecule has 3 rings (SSSR count). The molecule has 0 bridgehead atoms. The number of hydrogen-bond acceptors (Lipinski definition) is 6. The van der Waals surface area contributed by atoms with Crippen LogP contribution in [0.15, 0.2) is 16.7 Å². The van der Waals surface area contributed by atoms with Crippen LogP contribution in [0.3, 0.4) is 0 Å². The molecule has 0 saturated carbocycles. The lowest BCUT2D eigenvalue weighted by Crippen LogP contribution is -2.37. The molecule has 1 fully saturated rings. The molecule has 3 N–H and O–H groups in total. The second-order valence-corrected chi connectivity index (χ2v) is 6.77. The molecule has 1 amide bonds. The van der Waals surface area contributed by atoms with Crippen LogP contribution in [-0.2, 0) is 11.2 Å². The van der Waals surface area contributed by atoms with Gasteiger partial charge in [0.25, 0.3) is 5.89 Å². The zero-order valence-electron chi connectivity index (χ0n) is 13.7. The first-order valence-corrected chi connectivity index (χ1v) is 8.89. The van der Waals surface area contributed by atoms with Gasteiger partial charge in [0.2, 0.25) is 0 Å². The molecule has 1 unspecified atom stereocenters. The molecule has 1 saturated heterocycles. The zero-order valence-corrected chi connectivity index (χ0v) is 16.0. The molecule has 1 aliphatic rings. The average Bonchev–Trinajstić information content (AvgIpc) is 3.19. The Bertz CT molecular complexity index is 837. The van der Waals surface area contributed by atoms with Crippen molar-refractivity contribution in [3.8, 4) is 11.5 Å². The summed E-state index contributed by atoms with van der Waals surface area (Å²) < 4.78 is 10.5. The van der Waals surface area contributed by atoms with Crippen LogP contribution in [0.5, 0.6) is 0 Å². The van der Waals surface area contributed by atoms with Gasteiger partial charge in [0.1, 0.15) is 6.10 Å². The van der Waals surface area contributed by atoms with Crippen LogP contribution < -0.4 is 16.0 Å². The number of nitrogens with one attached hydrogen (secondary N) is 1. The Morgan fingerprint density at radius 2 is 2.15 bits per heavy atom. The first kappa shape index (κ1) is 18.7. The molecule has 0 radical (unpaired) electrons. The Labute approximate surface area is 164 Å². The SMILES string of the molecule is CCc1noc(-c2c(Cl)cc(N3CC(CNC(N)=S)OC3=O)cc2Cl)n1. The number of thiocarbonyl (C=S) groups is 1. The molecule has 2 heterocycles. The molecule has 1 aliphatic heterocycles. The minimum Gasteiger partial charge on any atom is -0.442 e. The van der Waals surface area contributed by atoms with Crippen LogP contribution >= 0.6 is 35.4 Å². The van der Waals surface area contributed by atoms with E-state index in [2.05, 4.69) is 15.5 Å². The molecule has 1 aromatic heterocycles. The van der Waals surface area contributed by atoms with Crippen LogP contribution in [0.1, 0.15) is 12.7 Å². The maximum atomic E-state index is 12.1. The minimum atomic E-state index is -0.509. The smallest absolute Gasteiger partial charge is 0.414 e. The van der Waals surface area contributed by atoms with Gasteiger partial charge in [-0.3, -0.25) is 4.90 Å². The number of carbonyl (C=O) groups is 1. The molecule has 0 spiro atoms.